The largest absolute Gasteiger partial charge is 0.480 e. The second-order valence-corrected chi connectivity index (χ2v) is 4.86. The Morgan fingerprint density at radius 2 is 2.25 bits per heavy atom. The van der Waals surface area contributed by atoms with Gasteiger partial charge in [0, 0.05) is 12.2 Å². The smallest absolute Gasteiger partial charge is 0.326 e. The van der Waals surface area contributed by atoms with Gasteiger partial charge in [-0.3, -0.25) is 4.79 Å². The molecule has 5 heteroatoms. The summed E-state index contributed by atoms with van der Waals surface area (Å²) < 4.78 is 0. The molecule has 0 aliphatic carbocycles. The van der Waals surface area contributed by atoms with E-state index in [-0.39, 0.29) is 18.2 Å². The standard InChI is InChI=1S/C15H18N2O3/c1-2-5-13(15(19)20)17-14(18)11-8-10-6-3-4-7-12(10)16-9-11/h2-4,6-7,11,13,16H,1,5,8-9H2,(H,17,18)(H,19,20). The molecule has 0 aromatic heterocycles. The van der Waals surface area contributed by atoms with Crippen LogP contribution >= 0.6 is 0 Å². The maximum atomic E-state index is 12.1. The average molecular weight is 274 g/mol. The lowest BCUT2D eigenvalue weighted by Crippen LogP contribution is -2.46. The van der Waals surface area contributed by atoms with Gasteiger partial charge in [-0.2, -0.15) is 0 Å². The number of carbonyl (C=O) groups excluding carboxylic acids is 1. The minimum atomic E-state index is -1.04. The quantitative estimate of drug-likeness (QED) is 0.709. The molecule has 2 unspecified atom stereocenters. The number of carboxylic acids is 1. The zero-order valence-corrected chi connectivity index (χ0v) is 11.1. The molecule has 1 heterocycles. The number of anilines is 1. The summed E-state index contributed by atoms with van der Waals surface area (Å²) in [7, 11) is 0. The monoisotopic (exact) mass is 274 g/mol. The van der Waals surface area contributed by atoms with Crippen molar-refractivity contribution in [2.45, 2.75) is 18.9 Å². The molecule has 0 fully saturated rings. The van der Waals surface area contributed by atoms with Gasteiger partial charge >= 0.3 is 5.97 Å². The fourth-order valence-corrected chi connectivity index (χ4v) is 2.30. The lowest BCUT2D eigenvalue weighted by Gasteiger charge is -2.26. The van der Waals surface area contributed by atoms with Gasteiger partial charge in [0.25, 0.3) is 0 Å². The Morgan fingerprint density at radius 3 is 2.95 bits per heavy atom. The fourth-order valence-electron chi connectivity index (χ4n) is 2.30. The van der Waals surface area contributed by atoms with Crippen LogP contribution in [0.4, 0.5) is 5.69 Å². The third-order valence-corrected chi connectivity index (χ3v) is 3.41. The topological polar surface area (TPSA) is 78.4 Å². The average Bonchev–Trinajstić information content (AvgIpc) is 2.46. The second kappa shape index (κ2) is 6.23. The number of nitrogens with one attached hydrogen (secondary N) is 2. The van der Waals surface area contributed by atoms with Crippen molar-refractivity contribution in [3.63, 3.8) is 0 Å². The predicted molar refractivity (Wildman–Crippen MR) is 76.5 cm³/mol. The van der Waals surface area contributed by atoms with E-state index in [1.54, 1.807) is 0 Å². The van der Waals surface area contributed by atoms with E-state index >= 15 is 0 Å². The van der Waals surface area contributed by atoms with E-state index in [1.165, 1.54) is 6.08 Å². The molecule has 0 bridgehead atoms. The van der Waals surface area contributed by atoms with Crippen LogP contribution in [0.5, 0.6) is 0 Å². The Bertz CT molecular complexity index is 528. The number of aliphatic carboxylic acids is 1. The molecular formula is C15H18N2O3. The second-order valence-electron chi connectivity index (χ2n) is 4.86. The summed E-state index contributed by atoms with van der Waals surface area (Å²) in [5, 5.41) is 14.8. The molecule has 1 aromatic carbocycles. The number of carboxylic acid groups (broad SMARTS) is 1. The van der Waals surface area contributed by atoms with Crippen molar-refractivity contribution in [3.8, 4) is 0 Å². The van der Waals surface area contributed by atoms with E-state index in [1.807, 2.05) is 24.3 Å². The van der Waals surface area contributed by atoms with Crippen molar-refractivity contribution in [3.05, 3.63) is 42.5 Å². The Morgan fingerprint density at radius 1 is 1.50 bits per heavy atom. The van der Waals surface area contributed by atoms with Gasteiger partial charge in [0.05, 0.1) is 5.92 Å². The molecule has 0 spiro atoms. The van der Waals surface area contributed by atoms with E-state index in [4.69, 9.17) is 5.11 Å². The summed E-state index contributed by atoms with van der Waals surface area (Å²) in [5.74, 6) is -1.53. The molecular weight excluding hydrogens is 256 g/mol. The zero-order chi connectivity index (χ0) is 14.5. The maximum Gasteiger partial charge on any atom is 0.326 e. The highest BCUT2D eigenvalue weighted by Gasteiger charge is 2.27. The highest BCUT2D eigenvalue weighted by atomic mass is 16.4. The molecule has 0 radical (unpaired) electrons. The van der Waals surface area contributed by atoms with Gasteiger partial charge in [-0.25, -0.2) is 4.79 Å². The Labute approximate surface area is 117 Å². The Kier molecular flexibility index (Phi) is 4.40. The molecule has 1 amide bonds. The van der Waals surface area contributed by atoms with Gasteiger partial charge in [-0.15, -0.1) is 6.58 Å². The number of carbonyl (C=O) groups is 2. The highest BCUT2D eigenvalue weighted by Crippen LogP contribution is 2.24. The van der Waals surface area contributed by atoms with Crippen LogP contribution in [0, 0.1) is 5.92 Å². The normalized spacial score (nSPS) is 18.3. The number of amides is 1. The van der Waals surface area contributed by atoms with Crippen LogP contribution in [-0.4, -0.2) is 29.6 Å². The molecule has 0 saturated heterocycles. The van der Waals surface area contributed by atoms with Crippen LogP contribution in [-0.2, 0) is 16.0 Å². The first-order valence-corrected chi connectivity index (χ1v) is 6.57. The van der Waals surface area contributed by atoms with Crippen LogP contribution in [0.1, 0.15) is 12.0 Å². The first-order chi connectivity index (χ1) is 9.61. The number of fused-ring (bicyclic) bond motifs is 1. The fraction of sp³-hybridized carbons (Fsp3) is 0.333. The van der Waals surface area contributed by atoms with E-state index < -0.39 is 12.0 Å². The summed E-state index contributed by atoms with van der Waals surface area (Å²) in [6.07, 6.45) is 2.33. The van der Waals surface area contributed by atoms with E-state index in [2.05, 4.69) is 17.2 Å². The molecule has 20 heavy (non-hydrogen) atoms. The van der Waals surface area contributed by atoms with E-state index in [9.17, 15) is 9.59 Å². The molecule has 106 valence electrons. The van der Waals surface area contributed by atoms with E-state index in [0.29, 0.717) is 13.0 Å². The van der Waals surface area contributed by atoms with Gasteiger partial charge in [0.2, 0.25) is 5.91 Å². The predicted octanol–water partition coefficient (Wildman–Crippen LogP) is 1.42. The summed E-state index contributed by atoms with van der Waals surface area (Å²) in [6.45, 7) is 4.02. The van der Waals surface area contributed by atoms with E-state index in [0.717, 1.165) is 11.3 Å². The van der Waals surface area contributed by atoms with Gasteiger partial charge in [0.1, 0.15) is 6.04 Å². The van der Waals surface area contributed by atoms with Gasteiger partial charge < -0.3 is 15.7 Å². The first kappa shape index (κ1) is 14.1. The van der Waals surface area contributed by atoms with Crippen molar-refractivity contribution in [2.75, 3.05) is 11.9 Å². The molecule has 0 saturated carbocycles. The summed E-state index contributed by atoms with van der Waals surface area (Å²) >= 11 is 0. The van der Waals surface area contributed by atoms with Crippen molar-refractivity contribution >= 4 is 17.6 Å². The Balaban J connectivity index is 2.01. The highest BCUT2D eigenvalue weighted by molar-refractivity contribution is 5.86. The van der Waals surface area contributed by atoms with Gasteiger partial charge in [-0.05, 0) is 24.5 Å². The first-order valence-electron chi connectivity index (χ1n) is 6.57. The maximum absolute atomic E-state index is 12.1. The van der Waals surface area contributed by atoms with Crippen molar-refractivity contribution in [1.29, 1.82) is 0 Å². The van der Waals surface area contributed by atoms with Crippen LogP contribution < -0.4 is 10.6 Å². The lowest BCUT2D eigenvalue weighted by atomic mass is 9.93. The summed E-state index contributed by atoms with van der Waals surface area (Å²) in [4.78, 5) is 23.2. The van der Waals surface area contributed by atoms with Crippen LogP contribution in [0.15, 0.2) is 36.9 Å². The lowest BCUT2D eigenvalue weighted by molar-refractivity contribution is -0.142. The van der Waals surface area contributed by atoms with Crippen molar-refractivity contribution < 1.29 is 14.7 Å². The third kappa shape index (κ3) is 3.17. The van der Waals surface area contributed by atoms with Crippen molar-refractivity contribution in [2.24, 2.45) is 5.92 Å². The number of hydrogen-bond acceptors (Lipinski definition) is 3. The molecule has 2 atom stereocenters. The minimum absolute atomic E-state index is 0.220. The zero-order valence-electron chi connectivity index (χ0n) is 11.1. The molecule has 2 rings (SSSR count). The summed E-state index contributed by atoms with van der Waals surface area (Å²) in [6, 6.07) is 6.91. The summed E-state index contributed by atoms with van der Waals surface area (Å²) in [5.41, 5.74) is 2.12. The molecule has 1 aromatic rings. The number of hydrogen-bond donors (Lipinski definition) is 3. The van der Waals surface area contributed by atoms with Gasteiger partial charge in [0.15, 0.2) is 0 Å². The van der Waals surface area contributed by atoms with Crippen LogP contribution in [0.2, 0.25) is 0 Å². The SMILES string of the molecule is C=CCC(NC(=O)C1CNc2ccccc2C1)C(=O)O. The number of rotatable bonds is 5. The molecule has 3 N–H and O–H groups in total. The molecule has 1 aliphatic heterocycles. The number of para-hydroxylation sites is 1. The minimum Gasteiger partial charge on any atom is -0.480 e. The molecule has 1 aliphatic rings. The van der Waals surface area contributed by atoms with Crippen LogP contribution in [0.3, 0.4) is 0 Å². The van der Waals surface area contributed by atoms with Crippen molar-refractivity contribution in [1.82, 2.24) is 5.32 Å². The third-order valence-electron chi connectivity index (χ3n) is 3.41. The van der Waals surface area contributed by atoms with Crippen LogP contribution in [0.25, 0.3) is 0 Å². The van der Waals surface area contributed by atoms with Gasteiger partial charge in [-0.1, -0.05) is 24.3 Å². The molecule has 5 nitrogen and oxygen atoms in total. The Hall–Kier alpha value is -2.30. The number of benzene rings is 1.